The predicted molar refractivity (Wildman–Crippen MR) is 86.6 cm³/mol. The lowest BCUT2D eigenvalue weighted by atomic mass is 10.3. The molecule has 1 aliphatic heterocycles. The lowest BCUT2D eigenvalue weighted by molar-refractivity contribution is -0.137. The molecular formula is C12H20N4O2S2. The van der Waals surface area contributed by atoms with Gasteiger partial charge in [-0.2, -0.15) is 0 Å². The molecule has 1 heterocycles. The summed E-state index contributed by atoms with van der Waals surface area (Å²) < 4.78 is 0. The van der Waals surface area contributed by atoms with Crippen molar-refractivity contribution in [1.29, 1.82) is 0 Å². The lowest BCUT2D eigenvalue weighted by Gasteiger charge is -2.34. The normalized spacial score (nSPS) is 16.9. The van der Waals surface area contributed by atoms with Crippen molar-refractivity contribution in [2.45, 2.75) is 19.8 Å². The maximum absolute atomic E-state index is 10.4. The number of aliphatic imine (C=N–C) groups is 1. The van der Waals surface area contributed by atoms with Gasteiger partial charge in [0.25, 0.3) is 0 Å². The van der Waals surface area contributed by atoms with Gasteiger partial charge in [0, 0.05) is 20.5 Å². The van der Waals surface area contributed by atoms with E-state index in [1.165, 1.54) is 11.8 Å². The molecule has 112 valence electrons. The van der Waals surface area contributed by atoms with Crippen LogP contribution in [0.2, 0.25) is 0 Å². The maximum Gasteiger partial charge on any atom is 0.303 e. The summed E-state index contributed by atoms with van der Waals surface area (Å²) in [6.07, 6.45) is 0.804. The van der Waals surface area contributed by atoms with Gasteiger partial charge in [0.2, 0.25) is 0 Å². The molecule has 0 radical (unpaired) electrons. The van der Waals surface area contributed by atoms with E-state index in [0.29, 0.717) is 29.6 Å². The van der Waals surface area contributed by atoms with Gasteiger partial charge >= 0.3 is 5.97 Å². The van der Waals surface area contributed by atoms with Crippen LogP contribution in [0.3, 0.4) is 0 Å². The zero-order chi connectivity index (χ0) is 15.3. The van der Waals surface area contributed by atoms with Crippen LogP contribution in [0, 0.1) is 0 Å². The van der Waals surface area contributed by atoms with Gasteiger partial charge in [-0.05, 0) is 19.1 Å². The number of thiocarbonyl (C=S) groups is 1. The minimum absolute atomic E-state index is 0.180. The summed E-state index contributed by atoms with van der Waals surface area (Å²) in [6, 6.07) is 0. The van der Waals surface area contributed by atoms with E-state index in [-0.39, 0.29) is 6.42 Å². The number of carbonyl (C=O) groups is 1. The smallest absolute Gasteiger partial charge is 0.303 e. The molecular weight excluding hydrogens is 296 g/mol. The monoisotopic (exact) mass is 316 g/mol. The average Bonchev–Trinajstić information content (AvgIpc) is 2.37. The van der Waals surface area contributed by atoms with Crippen molar-refractivity contribution in [2.24, 2.45) is 10.7 Å². The zero-order valence-corrected chi connectivity index (χ0v) is 13.6. The standard InChI is InChI=1S/C12H20N4O2S2/c1-8(20-6-4-5-9(17)18)14-11-10(13)12(19)16(3)7-15(11)2/h4-7,13H2,1-3H3,(H,17,18). The van der Waals surface area contributed by atoms with Crippen molar-refractivity contribution >= 4 is 40.0 Å². The minimum atomic E-state index is -0.771. The number of aliphatic carboxylic acids is 1. The highest BCUT2D eigenvalue weighted by Gasteiger charge is 2.22. The molecule has 0 aromatic carbocycles. The first kappa shape index (κ1) is 16.8. The molecule has 0 saturated carbocycles. The Kier molecular flexibility index (Phi) is 6.28. The third-order valence-electron chi connectivity index (χ3n) is 2.71. The Morgan fingerprint density at radius 3 is 2.75 bits per heavy atom. The van der Waals surface area contributed by atoms with Crippen LogP contribution in [-0.2, 0) is 4.79 Å². The Bertz CT molecular complexity index is 462. The SMILES string of the molecule is CC(=NC1=C(N)C(=S)N(C)CN1C)SCCCC(=O)O. The van der Waals surface area contributed by atoms with Gasteiger partial charge in [-0.15, -0.1) is 11.8 Å². The van der Waals surface area contributed by atoms with E-state index in [9.17, 15) is 4.79 Å². The molecule has 3 N–H and O–H groups in total. The zero-order valence-electron chi connectivity index (χ0n) is 11.9. The summed E-state index contributed by atoms with van der Waals surface area (Å²) in [5, 5.41) is 9.43. The third-order valence-corrected chi connectivity index (χ3v) is 4.25. The molecule has 0 aromatic heterocycles. The topological polar surface area (TPSA) is 82.2 Å². The fraction of sp³-hybridized carbons (Fsp3) is 0.583. The molecule has 8 heteroatoms. The Labute approximate surface area is 128 Å². The first-order valence-electron chi connectivity index (χ1n) is 6.19. The fourth-order valence-corrected chi connectivity index (χ4v) is 2.61. The molecule has 0 fully saturated rings. The van der Waals surface area contributed by atoms with Crippen molar-refractivity contribution in [1.82, 2.24) is 9.80 Å². The molecule has 0 atom stereocenters. The van der Waals surface area contributed by atoms with Gasteiger partial charge < -0.3 is 20.6 Å². The van der Waals surface area contributed by atoms with Crippen LogP contribution in [0.4, 0.5) is 0 Å². The number of nitrogens with two attached hydrogens (primary N) is 1. The average molecular weight is 316 g/mol. The largest absolute Gasteiger partial charge is 0.481 e. The van der Waals surface area contributed by atoms with Crippen LogP contribution in [0.15, 0.2) is 16.5 Å². The number of thioether (sulfide) groups is 1. The molecule has 20 heavy (non-hydrogen) atoms. The minimum Gasteiger partial charge on any atom is -0.481 e. The predicted octanol–water partition coefficient (Wildman–Crippen LogP) is 1.29. The Balaban J connectivity index is 2.66. The van der Waals surface area contributed by atoms with Crippen LogP contribution in [-0.4, -0.2) is 57.4 Å². The van der Waals surface area contributed by atoms with Gasteiger partial charge in [-0.3, -0.25) is 4.79 Å². The molecule has 0 aromatic rings. The summed E-state index contributed by atoms with van der Waals surface area (Å²) >= 11 is 6.78. The summed E-state index contributed by atoms with van der Waals surface area (Å²) in [5.41, 5.74) is 6.51. The van der Waals surface area contributed by atoms with E-state index in [2.05, 4.69) is 4.99 Å². The van der Waals surface area contributed by atoms with Crippen molar-refractivity contribution in [2.75, 3.05) is 26.5 Å². The van der Waals surface area contributed by atoms with Crippen LogP contribution < -0.4 is 5.73 Å². The third kappa shape index (κ3) is 4.68. The van der Waals surface area contributed by atoms with Crippen LogP contribution in [0.5, 0.6) is 0 Å². The summed E-state index contributed by atoms with van der Waals surface area (Å²) in [7, 11) is 3.80. The first-order valence-corrected chi connectivity index (χ1v) is 7.58. The number of rotatable bonds is 5. The Hall–Kier alpha value is -1.28. The maximum atomic E-state index is 10.4. The number of nitrogens with zero attached hydrogens (tertiary/aromatic N) is 3. The van der Waals surface area contributed by atoms with Crippen LogP contribution >= 0.6 is 24.0 Å². The number of carboxylic acids is 1. The van der Waals surface area contributed by atoms with Crippen molar-refractivity contribution in [3.05, 3.63) is 11.5 Å². The van der Waals surface area contributed by atoms with Gasteiger partial charge in [-0.1, -0.05) is 12.2 Å². The van der Waals surface area contributed by atoms with Gasteiger partial charge in [-0.25, -0.2) is 4.99 Å². The number of hydrogen-bond acceptors (Lipinski definition) is 6. The number of likely N-dealkylation sites (N-methyl/N-ethyl adjacent to an activating group) is 1. The lowest BCUT2D eigenvalue weighted by Crippen LogP contribution is -2.44. The van der Waals surface area contributed by atoms with E-state index in [1.807, 2.05) is 30.8 Å². The second-order valence-corrected chi connectivity index (χ2v) is 6.23. The van der Waals surface area contributed by atoms with Gasteiger partial charge in [0.1, 0.15) is 10.7 Å². The summed E-state index contributed by atoms with van der Waals surface area (Å²) in [4.78, 5) is 19.3. The second-order valence-electron chi connectivity index (χ2n) is 4.56. The van der Waals surface area contributed by atoms with Crippen molar-refractivity contribution in [3.63, 3.8) is 0 Å². The highest BCUT2D eigenvalue weighted by molar-refractivity contribution is 8.13. The van der Waals surface area contributed by atoms with E-state index in [4.69, 9.17) is 23.1 Å². The summed E-state index contributed by atoms with van der Waals surface area (Å²) in [6.45, 7) is 2.54. The Morgan fingerprint density at radius 1 is 1.50 bits per heavy atom. The van der Waals surface area contributed by atoms with E-state index >= 15 is 0 Å². The Morgan fingerprint density at radius 2 is 2.15 bits per heavy atom. The molecule has 1 rings (SSSR count). The first-order chi connectivity index (χ1) is 9.32. The molecule has 6 nitrogen and oxygen atoms in total. The van der Waals surface area contributed by atoms with Crippen molar-refractivity contribution < 1.29 is 9.90 Å². The highest BCUT2D eigenvalue weighted by atomic mass is 32.2. The molecule has 1 aliphatic rings. The molecule has 0 aliphatic carbocycles. The van der Waals surface area contributed by atoms with Gasteiger partial charge in [0.15, 0.2) is 5.82 Å². The molecule has 0 amide bonds. The van der Waals surface area contributed by atoms with E-state index < -0.39 is 5.97 Å². The van der Waals surface area contributed by atoms with Crippen LogP contribution in [0.1, 0.15) is 19.8 Å². The highest BCUT2D eigenvalue weighted by Crippen LogP contribution is 2.19. The number of hydrogen-bond donors (Lipinski definition) is 2. The van der Waals surface area contributed by atoms with Crippen molar-refractivity contribution in [3.8, 4) is 0 Å². The molecule has 0 unspecified atom stereocenters. The number of carboxylic acid groups (broad SMARTS) is 1. The summed E-state index contributed by atoms with van der Waals surface area (Å²) in [5.74, 6) is 0.631. The molecule has 0 bridgehead atoms. The second kappa shape index (κ2) is 7.49. The molecule has 0 saturated heterocycles. The molecule has 0 spiro atoms. The van der Waals surface area contributed by atoms with Crippen LogP contribution in [0.25, 0.3) is 0 Å². The van der Waals surface area contributed by atoms with Gasteiger partial charge in [0.05, 0.1) is 11.7 Å². The quantitative estimate of drug-likeness (QED) is 0.342. The fourth-order valence-electron chi connectivity index (χ4n) is 1.73. The van der Waals surface area contributed by atoms with E-state index in [0.717, 1.165) is 10.8 Å². The van der Waals surface area contributed by atoms with E-state index in [1.54, 1.807) is 0 Å².